The van der Waals surface area contributed by atoms with Gasteiger partial charge in [-0.15, -0.1) is 9.19 Å². The zero-order valence-electron chi connectivity index (χ0n) is 18.7. The van der Waals surface area contributed by atoms with Crippen LogP contribution in [0.5, 0.6) is 23.0 Å². The van der Waals surface area contributed by atoms with Crippen molar-refractivity contribution in [1.29, 1.82) is 0 Å². The summed E-state index contributed by atoms with van der Waals surface area (Å²) < 4.78 is 74.6. The molecule has 3 rings (SSSR count). The lowest BCUT2D eigenvalue weighted by atomic mass is 10.3. The number of hydrogen-bond acceptors (Lipinski definition) is 11. The Balaban J connectivity index is 1.85. The van der Waals surface area contributed by atoms with E-state index in [0.717, 1.165) is 0 Å². The minimum absolute atomic E-state index is 0.101. The minimum Gasteiger partial charge on any atom is -0.493 e. The third-order valence-electron chi connectivity index (χ3n) is 4.61. The van der Waals surface area contributed by atoms with E-state index >= 15 is 0 Å². The molecule has 15 heteroatoms. The van der Waals surface area contributed by atoms with Crippen LogP contribution >= 0.6 is 0 Å². The Labute approximate surface area is 196 Å². The number of nitrogens with zero attached hydrogens (tertiary/aromatic N) is 3. The van der Waals surface area contributed by atoms with Gasteiger partial charge in [-0.1, -0.05) is 0 Å². The highest BCUT2D eigenvalue weighted by Gasteiger charge is 2.25. The summed E-state index contributed by atoms with van der Waals surface area (Å²) in [5.74, 6) is 0.483. The molecule has 13 nitrogen and oxygen atoms in total. The van der Waals surface area contributed by atoms with E-state index in [1.165, 1.54) is 64.8 Å². The lowest BCUT2D eigenvalue weighted by Crippen LogP contribution is -2.24. The van der Waals surface area contributed by atoms with Gasteiger partial charge in [0.15, 0.2) is 28.8 Å². The second-order valence-electron chi connectivity index (χ2n) is 6.59. The van der Waals surface area contributed by atoms with Crippen molar-refractivity contribution in [3.8, 4) is 23.0 Å². The van der Waals surface area contributed by atoms with Gasteiger partial charge in [0, 0.05) is 12.1 Å². The van der Waals surface area contributed by atoms with Gasteiger partial charge >= 0.3 is 0 Å². The van der Waals surface area contributed by atoms with Gasteiger partial charge in [-0.05, 0) is 24.3 Å². The topological polar surface area (TPSA) is 174 Å². The molecule has 3 N–H and O–H groups in total. The van der Waals surface area contributed by atoms with Crippen molar-refractivity contribution in [2.45, 2.75) is 16.3 Å². The summed E-state index contributed by atoms with van der Waals surface area (Å²) in [6, 6.07) is 7.99. The molecule has 0 radical (unpaired) electrons. The molecule has 0 aliphatic rings. The van der Waals surface area contributed by atoms with Crippen molar-refractivity contribution < 1.29 is 35.8 Å². The monoisotopic (exact) mass is 513 g/mol. The predicted octanol–water partition coefficient (Wildman–Crippen LogP) is 0.610. The van der Waals surface area contributed by atoms with Gasteiger partial charge in [-0.25, -0.2) is 13.1 Å². The molecule has 34 heavy (non-hydrogen) atoms. The van der Waals surface area contributed by atoms with E-state index in [1.807, 2.05) is 0 Å². The van der Waals surface area contributed by atoms with Gasteiger partial charge in [0.25, 0.3) is 10.0 Å². The zero-order valence-corrected chi connectivity index (χ0v) is 20.3. The number of nitrogen functional groups attached to an aromatic ring is 1. The SMILES string of the molecule is COc1ccc(S(=O)(=O)NCc2nc(N)n(S(=O)(=O)c3ccc(OC)c(OC)c3)n2)cc1OC. The summed E-state index contributed by atoms with van der Waals surface area (Å²) >= 11 is 0. The molecule has 0 saturated carbocycles. The van der Waals surface area contributed by atoms with E-state index in [2.05, 4.69) is 14.8 Å². The fourth-order valence-electron chi connectivity index (χ4n) is 2.91. The molecule has 1 heterocycles. The normalized spacial score (nSPS) is 11.8. The summed E-state index contributed by atoms with van der Waals surface area (Å²) in [5, 5.41) is 3.86. The third kappa shape index (κ3) is 4.85. The molecule has 2 aromatic carbocycles. The van der Waals surface area contributed by atoms with Crippen LogP contribution in [0.1, 0.15) is 5.82 Å². The number of sulfonamides is 1. The average molecular weight is 514 g/mol. The van der Waals surface area contributed by atoms with Crippen LogP contribution in [0.25, 0.3) is 0 Å². The highest BCUT2D eigenvalue weighted by molar-refractivity contribution is 7.90. The van der Waals surface area contributed by atoms with E-state index in [1.54, 1.807) is 0 Å². The Morgan fingerprint density at radius 1 is 0.824 bits per heavy atom. The van der Waals surface area contributed by atoms with Crippen molar-refractivity contribution in [3.63, 3.8) is 0 Å². The maximum Gasteiger partial charge on any atom is 0.286 e. The molecule has 0 bridgehead atoms. The number of ether oxygens (including phenoxy) is 4. The molecular formula is C19H23N5O8S2. The van der Waals surface area contributed by atoms with Crippen LogP contribution in [0.2, 0.25) is 0 Å². The Hall–Kier alpha value is -3.56. The first-order valence-corrected chi connectivity index (χ1v) is 12.4. The highest BCUT2D eigenvalue weighted by Crippen LogP contribution is 2.31. The van der Waals surface area contributed by atoms with E-state index < -0.39 is 32.5 Å². The summed E-state index contributed by atoms with van der Waals surface area (Å²) in [6.07, 6.45) is 0. The van der Waals surface area contributed by atoms with Gasteiger partial charge < -0.3 is 24.7 Å². The molecule has 0 atom stereocenters. The van der Waals surface area contributed by atoms with Crippen LogP contribution in [-0.2, 0) is 26.6 Å². The fraction of sp³-hybridized carbons (Fsp3) is 0.263. The lowest BCUT2D eigenvalue weighted by molar-refractivity contribution is 0.354. The average Bonchev–Trinajstić information content (AvgIpc) is 3.23. The molecular weight excluding hydrogens is 490 g/mol. The molecule has 3 aromatic rings. The maximum atomic E-state index is 13.0. The fourth-order valence-corrected chi connectivity index (χ4v) is 5.09. The van der Waals surface area contributed by atoms with E-state index in [-0.39, 0.29) is 27.1 Å². The number of aromatic nitrogens is 3. The van der Waals surface area contributed by atoms with Crippen molar-refractivity contribution in [1.82, 2.24) is 18.9 Å². The quantitative estimate of drug-likeness (QED) is 0.389. The number of nitrogens with two attached hydrogens (primary N) is 1. The van der Waals surface area contributed by atoms with E-state index in [4.69, 9.17) is 24.7 Å². The summed E-state index contributed by atoms with van der Waals surface area (Å²) in [7, 11) is -2.70. The second-order valence-corrected chi connectivity index (χ2v) is 10.1. The summed E-state index contributed by atoms with van der Waals surface area (Å²) in [5.41, 5.74) is 5.76. The van der Waals surface area contributed by atoms with Crippen LogP contribution in [0.4, 0.5) is 5.95 Å². The number of anilines is 1. The first kappa shape index (κ1) is 25.1. The maximum absolute atomic E-state index is 13.0. The van der Waals surface area contributed by atoms with Crippen LogP contribution < -0.4 is 29.4 Å². The standard InChI is InChI=1S/C19H23N5O8S2/c1-29-14-7-5-12(9-16(14)31-3)33(25,26)21-11-18-22-19(20)24(23-18)34(27,28)13-6-8-15(30-2)17(10-13)32-4/h5-10,21H,11H2,1-4H3,(H2,20,22,23). The number of hydrogen-bond donors (Lipinski definition) is 2. The largest absolute Gasteiger partial charge is 0.493 e. The molecule has 0 aliphatic carbocycles. The minimum atomic E-state index is -4.25. The van der Waals surface area contributed by atoms with E-state index in [9.17, 15) is 16.8 Å². The lowest BCUT2D eigenvalue weighted by Gasteiger charge is -2.10. The smallest absolute Gasteiger partial charge is 0.286 e. The second kappa shape index (κ2) is 9.74. The highest BCUT2D eigenvalue weighted by atomic mass is 32.2. The van der Waals surface area contributed by atoms with Crippen molar-refractivity contribution >= 4 is 26.0 Å². The first-order chi connectivity index (χ1) is 16.1. The molecule has 0 unspecified atom stereocenters. The van der Waals surface area contributed by atoms with Gasteiger partial charge in [0.2, 0.25) is 16.0 Å². The Morgan fingerprint density at radius 3 is 1.85 bits per heavy atom. The number of nitrogens with one attached hydrogen (secondary N) is 1. The molecule has 0 saturated heterocycles. The Kier molecular flexibility index (Phi) is 7.18. The van der Waals surface area contributed by atoms with Gasteiger partial charge in [0.1, 0.15) is 0 Å². The number of benzene rings is 2. The Morgan fingerprint density at radius 2 is 1.32 bits per heavy atom. The van der Waals surface area contributed by atoms with Crippen LogP contribution in [-0.4, -0.2) is 59.4 Å². The molecule has 184 valence electrons. The van der Waals surface area contributed by atoms with Gasteiger partial charge in [-0.3, -0.25) is 0 Å². The van der Waals surface area contributed by atoms with Crippen LogP contribution in [0.15, 0.2) is 46.2 Å². The van der Waals surface area contributed by atoms with Gasteiger partial charge in [0.05, 0.1) is 44.8 Å². The number of methoxy groups -OCH3 is 4. The zero-order chi connectivity index (χ0) is 25.1. The van der Waals surface area contributed by atoms with Crippen molar-refractivity contribution in [2.75, 3.05) is 34.2 Å². The summed E-state index contributed by atoms with van der Waals surface area (Å²) in [4.78, 5) is 3.58. The predicted molar refractivity (Wildman–Crippen MR) is 120 cm³/mol. The summed E-state index contributed by atoms with van der Waals surface area (Å²) in [6.45, 7) is -0.421. The van der Waals surface area contributed by atoms with Crippen molar-refractivity contribution in [2.24, 2.45) is 0 Å². The van der Waals surface area contributed by atoms with Gasteiger partial charge in [-0.2, -0.15) is 13.4 Å². The molecule has 1 aromatic heterocycles. The van der Waals surface area contributed by atoms with Crippen molar-refractivity contribution in [3.05, 3.63) is 42.2 Å². The first-order valence-electron chi connectivity index (χ1n) is 9.48. The van der Waals surface area contributed by atoms with E-state index in [0.29, 0.717) is 15.6 Å². The molecule has 0 aliphatic heterocycles. The number of rotatable bonds is 10. The third-order valence-corrected chi connectivity index (χ3v) is 7.58. The molecule has 0 fully saturated rings. The Bertz CT molecular complexity index is 1400. The molecule has 0 spiro atoms. The molecule has 0 amide bonds. The van der Waals surface area contributed by atoms with Crippen LogP contribution in [0.3, 0.4) is 0 Å². The van der Waals surface area contributed by atoms with Crippen LogP contribution in [0, 0.1) is 0 Å².